The second-order valence-electron chi connectivity index (χ2n) is 24.8. The predicted molar refractivity (Wildman–Crippen MR) is 463 cm³/mol. The molecule has 0 aliphatic carbocycles. The van der Waals surface area contributed by atoms with Crippen molar-refractivity contribution in [2.75, 3.05) is 157 Å². The van der Waals surface area contributed by atoms with E-state index in [0.29, 0.717) is 21.2 Å². The smallest absolute Gasteiger partial charge is 0.302 e. The van der Waals surface area contributed by atoms with Crippen molar-refractivity contribution < 1.29 is 112 Å². The number of nitrogens with zero attached hydrogens (tertiary/aromatic N) is 25. The van der Waals surface area contributed by atoms with Crippen molar-refractivity contribution in [2.45, 2.75) is 131 Å². The van der Waals surface area contributed by atoms with Crippen LogP contribution in [0.1, 0.15) is 182 Å². The van der Waals surface area contributed by atoms with Gasteiger partial charge in [-0.05, 0) is 126 Å². The largest absolute Gasteiger partial charge is 0.354 e. The van der Waals surface area contributed by atoms with Crippen LogP contribution in [0.15, 0.2) is 61.8 Å². The fourth-order valence-electron chi connectivity index (χ4n) is 11.0. The van der Waals surface area contributed by atoms with Gasteiger partial charge in [-0.15, -0.1) is 0 Å². The average Bonchev–Trinajstić information content (AvgIpc) is 0.735. The zero-order valence-corrected chi connectivity index (χ0v) is 63.5. The summed E-state index contributed by atoms with van der Waals surface area (Å²) >= 11 is 0. The molecule has 15 rings (SSSR count). The number of carbonyl (C=O) groups excluding carboxylic acids is 5. The van der Waals surface area contributed by atoms with E-state index >= 15 is 0 Å². The van der Waals surface area contributed by atoms with E-state index in [1.807, 2.05) is 0 Å². The molecule has 10 atom stereocenters. The Morgan fingerprint density at radius 1 is 0.375 bits per heavy atom. The zero-order valence-electron chi connectivity index (χ0n) is 128. The lowest BCUT2D eigenvalue weighted by Gasteiger charge is -2.41. The third kappa shape index (κ3) is 20.2. The summed E-state index contributed by atoms with van der Waals surface area (Å²) in [5.41, 5.74) is 1.09. The lowest BCUT2D eigenvalue weighted by molar-refractivity contribution is -0.131. The highest BCUT2D eigenvalue weighted by Gasteiger charge is 2.39. The minimum absolute atomic E-state index is 0.00704. The van der Waals surface area contributed by atoms with Crippen molar-refractivity contribution in [2.24, 2.45) is 29.5 Å². The van der Waals surface area contributed by atoms with Crippen LogP contribution in [-0.4, -0.2) is 292 Å². The van der Waals surface area contributed by atoms with E-state index in [1.165, 1.54) is 27.7 Å². The Morgan fingerprint density at radius 2 is 0.642 bits per heavy atom. The molecule has 0 radical (unpaired) electrons. The molecule has 5 fully saturated rings. The number of piperidine rings is 5. The van der Waals surface area contributed by atoms with E-state index in [9.17, 15) is 28.1 Å². The van der Waals surface area contributed by atoms with Gasteiger partial charge < -0.3 is 98.1 Å². The molecule has 0 unspecified atom stereocenters. The number of amides is 5. The van der Waals surface area contributed by atoms with Crippen LogP contribution in [0.3, 0.4) is 0 Å². The van der Waals surface area contributed by atoms with Crippen LogP contribution >= 0.6 is 0 Å². The second kappa shape index (κ2) is 39.4. The van der Waals surface area contributed by atoms with E-state index in [4.69, 9.17) is 116 Å². The number of hydrogen-bond donors (Lipinski definition) is 5. The monoisotopic (exact) mass is 1700 g/mol. The van der Waals surface area contributed by atoms with E-state index in [-0.39, 0.29) is 143 Å². The molecule has 35 heteroatoms. The Kier molecular flexibility index (Phi) is 12.0. The minimum atomic E-state index is -3.95. The molecule has 5 saturated heterocycles. The normalized spacial score (nSPS) is 38.9. The molecule has 0 aromatic carbocycles. The highest BCUT2D eigenvalue weighted by molar-refractivity contribution is 5.92. The van der Waals surface area contributed by atoms with Crippen LogP contribution in [0, 0.1) is 97.0 Å². The molecule has 0 saturated carbocycles. The van der Waals surface area contributed by atoms with Crippen molar-refractivity contribution >= 4 is 114 Å². The van der Waals surface area contributed by atoms with Crippen molar-refractivity contribution in [3.8, 4) is 0 Å². The first-order valence-corrected chi connectivity index (χ1v) is 34.3. The average molecular weight is 1700 g/mol. The number of likely N-dealkylation sites (tertiary alicyclic amines) is 5. The summed E-state index contributed by atoms with van der Waals surface area (Å²) in [6.07, 6.45) is -14.2. The Bertz CT molecular complexity index is 8640. The number of aromatic nitrogens is 15. The third-order valence-corrected chi connectivity index (χ3v) is 16.4. The molecule has 5 aliphatic heterocycles. The molecule has 0 spiro atoms. The molecule has 5 amide bonds. The van der Waals surface area contributed by atoms with Gasteiger partial charge in [-0.2, -0.15) is 0 Å². The molecular weight excluding hydrogens is 1520 g/mol. The Balaban J connectivity index is 0.000000213. The summed E-state index contributed by atoms with van der Waals surface area (Å²) in [6, 6.07) is -17.6. The maximum atomic E-state index is 12.9. The molecule has 15 heterocycles. The molecule has 10 aromatic heterocycles. The summed E-state index contributed by atoms with van der Waals surface area (Å²) in [5, 5.41) is -1.02. The highest BCUT2D eigenvalue weighted by atomic mass is 16.2. The molecule has 10 aromatic rings. The number of aryl methyl sites for hydroxylation is 5. The Labute approximate surface area is 790 Å². The van der Waals surface area contributed by atoms with Gasteiger partial charge in [0.1, 0.15) is 89.0 Å². The molecule has 5 N–H and O–H groups in total. The van der Waals surface area contributed by atoms with Gasteiger partial charge in [0.05, 0.1) is 81.7 Å². The summed E-state index contributed by atoms with van der Waals surface area (Å²) < 4.78 is 536. The van der Waals surface area contributed by atoms with Crippen molar-refractivity contribution in [3.63, 3.8) is 0 Å². The topological polar surface area (TPSA) is 347 Å². The van der Waals surface area contributed by atoms with Crippen LogP contribution < -0.4 is 24.5 Å². The fraction of sp³-hybridized carbons (Fsp3) is 0.529. The number of anilines is 5. The molecule has 120 heavy (non-hydrogen) atoms. The second-order valence-corrected chi connectivity index (χ2v) is 24.8. The van der Waals surface area contributed by atoms with Crippen LogP contribution in [0.5, 0.6) is 0 Å². The zero-order chi connectivity index (χ0) is 142. The predicted octanol–water partition coefficient (Wildman–Crippen LogP) is 9.29. The first kappa shape index (κ1) is 36.6. The maximum absolute atomic E-state index is 12.9. The molecule has 5 aliphatic rings. The quantitative estimate of drug-likeness (QED) is 0.0597. The fourth-order valence-corrected chi connectivity index (χ4v) is 11.0. The van der Waals surface area contributed by atoms with E-state index in [0.717, 1.165) is 45.7 Å². The standard InChI is InChI=1S/5C17H22N6O/c5*1-11-5-6-23(15(24)8-18-3)9-14(11)22(4)17-13-7-12(2)21-16(13)19-10-20-17/h5*7,10-11,14H,5-6,8-9H2,1-2,4H3,(H,19,20,21)/t5*11-,14+/m11111/s1/i1D3,5D2,6D2,7D,9D2,11D,14D;1D3,4D3,5D2,6D2,7D,9D2,14D;1D3,4D3,5D2,6D2,7D,9D2,11D;1D3,5D2,6D2,7D,9D2,14D;1D3,4D3,5D2,6D2,7D,9D2. The highest BCUT2D eigenvalue weighted by Crippen LogP contribution is 2.36. The van der Waals surface area contributed by atoms with E-state index in [2.05, 4.69) is 99.0 Å². The molecule has 0 bridgehead atoms. The number of aromatic amines is 5. The van der Waals surface area contributed by atoms with Gasteiger partial charge >= 0.3 is 29.5 Å². The van der Waals surface area contributed by atoms with Crippen LogP contribution in [0.4, 0.5) is 29.1 Å². The number of likely N-dealkylation sites (N-methyl/N-ethyl adjacent to an activating group) is 5. The lowest BCUT2D eigenvalue weighted by atomic mass is 9.92. The maximum Gasteiger partial charge on any atom is 0.302 e. The van der Waals surface area contributed by atoms with Crippen molar-refractivity contribution in [1.29, 1.82) is 0 Å². The van der Waals surface area contributed by atoms with Gasteiger partial charge in [-0.1, -0.05) is 34.3 Å². The van der Waals surface area contributed by atoms with E-state index in [1.54, 1.807) is 6.92 Å². The Morgan fingerprint density at radius 3 is 0.967 bits per heavy atom. The summed E-state index contributed by atoms with van der Waals surface area (Å²) in [7, 11) is 2.00. The van der Waals surface area contributed by atoms with Gasteiger partial charge in [0.15, 0.2) is 0 Å². The number of hydrogen-bond acceptors (Lipinski definition) is 20. The summed E-state index contributed by atoms with van der Waals surface area (Å²) in [5.74, 6) is -26.9. The molecule has 35 nitrogen and oxygen atoms in total. The lowest BCUT2D eigenvalue weighted by Crippen LogP contribution is -2.53. The first-order chi connectivity index (χ1) is 82.6. The number of nitrogens with one attached hydrogen (secondary N) is 5. The van der Waals surface area contributed by atoms with Gasteiger partial charge in [0, 0.05) is 192 Å². The third-order valence-electron chi connectivity index (χ3n) is 16.4. The van der Waals surface area contributed by atoms with Gasteiger partial charge in [0.25, 0.3) is 32.7 Å². The van der Waals surface area contributed by atoms with Gasteiger partial charge in [-0.25, -0.2) is 82.7 Å². The number of H-pyrrole nitrogens is 5. The van der Waals surface area contributed by atoms with Crippen molar-refractivity contribution in [1.82, 2.24) is 99.3 Å². The summed E-state index contributed by atoms with van der Waals surface area (Å²) in [6.45, 7) is -29.5. The Hall–Kier alpha value is -13.1. The SMILES string of the molecule is [2H]c1c(C)[nH]c2ncnc(N(C([2H])([2H])[2H])[C@]3([2H])[C@H](C([2H])([2H])[2H])C([2H])([2H])C([2H])([2H])N(C(=O)C[N+]#[C-])C3([2H])[2H])c12.[2H]c1c(C)[nH]c2ncnc(N(C)[C@@]3([2H])C([2H])([2H])N(C(=O)C[N+]#[C-])C([2H])([2H])C([2H])([2H])[C@@]3([2H])C([2H])([2H])[2H])c12.[2H]c1c(C)[nH]c2ncnc(N(C)[C@]3([2H])[C@H](C([2H])([2H])[2H])C([2H])([2H])C([2H])([2H])N(C(=O)C[N+]#[C-])C3([2H])[2H])c12.[2H]c1c(C)[nH]c2ncnc(N([C@@H]3[C@H](C([2H])([2H])[2H])C([2H])([2H])C([2H])([2H])N(C(=O)C[N+]#[C-])C3([2H])[2H])C([2H])([2H])[2H])c12.[2H]c1c(C)[nH]c2ncnc(N([C@H]3C([2H])([2H])N(C(=O)C[N+]#[C-])C([2H])([2H])C([2H])([2H])[C@@]3([2H])C([2H])([2H])[2H])C([2H])([2H])[2H])c12. The van der Waals surface area contributed by atoms with Gasteiger partial charge in [-0.3, -0.25) is 24.0 Å². The summed E-state index contributed by atoms with van der Waals surface area (Å²) in [4.78, 5) is 131. The first-order valence-electron chi connectivity index (χ1n) is 66.3. The number of rotatable bonds is 15. The minimum Gasteiger partial charge on any atom is -0.354 e. The van der Waals surface area contributed by atoms with E-state index < -0.39 is 302 Å². The number of fused-ring (bicyclic) bond motifs is 5. The van der Waals surface area contributed by atoms with Crippen LogP contribution in [0.2, 0.25) is 0 Å². The number of carbonyl (C=O) groups is 5. The van der Waals surface area contributed by atoms with Crippen LogP contribution in [0.25, 0.3) is 79.4 Å². The molecular formula is C85H110N30O5. The molecule has 630 valence electrons. The van der Waals surface area contributed by atoms with Crippen molar-refractivity contribution in [3.05, 3.63) is 147 Å². The van der Waals surface area contributed by atoms with Gasteiger partial charge in [0.2, 0.25) is 0 Å². The van der Waals surface area contributed by atoms with Crippen LogP contribution in [-0.2, 0) is 24.0 Å².